The molecule has 0 aromatic rings. The lowest BCUT2D eigenvalue weighted by Gasteiger charge is -2.22. The molecule has 0 saturated carbocycles. The first-order valence-electron chi connectivity index (χ1n) is 5.72. The van der Waals surface area contributed by atoms with E-state index in [-0.39, 0.29) is 12.6 Å². The van der Waals surface area contributed by atoms with E-state index in [0.717, 1.165) is 7.05 Å². The Morgan fingerprint density at radius 1 is 1.32 bits per heavy atom. The molecule has 0 aliphatic heterocycles. The molecule has 0 fully saturated rings. The standard InChI is InChI=1S/C11H18F2N2O4/c1-5-19-10(18)11(12,13)9(17)15(4)6-8(16)14-7(2)3/h7H,5-6H2,1-4H3,(H,14,16). The van der Waals surface area contributed by atoms with Crippen molar-refractivity contribution < 1.29 is 27.9 Å². The first kappa shape index (κ1) is 17.3. The zero-order valence-electron chi connectivity index (χ0n) is 11.3. The molecule has 0 rings (SSSR count). The van der Waals surface area contributed by atoms with Crippen LogP contribution in [-0.4, -0.2) is 54.8 Å². The minimum atomic E-state index is -4.29. The maximum atomic E-state index is 13.4. The van der Waals surface area contributed by atoms with Crippen LogP contribution in [0.15, 0.2) is 0 Å². The van der Waals surface area contributed by atoms with Gasteiger partial charge >= 0.3 is 17.8 Å². The second kappa shape index (κ2) is 7.01. The van der Waals surface area contributed by atoms with Crippen LogP contribution in [0.2, 0.25) is 0 Å². The third kappa shape index (κ3) is 5.19. The Morgan fingerprint density at radius 2 is 1.84 bits per heavy atom. The van der Waals surface area contributed by atoms with Gasteiger partial charge in [-0.25, -0.2) is 4.79 Å². The van der Waals surface area contributed by atoms with Crippen LogP contribution < -0.4 is 5.32 Å². The molecule has 0 aromatic carbocycles. The van der Waals surface area contributed by atoms with Crippen LogP contribution in [0, 0.1) is 0 Å². The number of esters is 1. The third-order valence-corrected chi connectivity index (χ3v) is 1.98. The number of amides is 2. The fourth-order valence-corrected chi connectivity index (χ4v) is 1.20. The second-order valence-electron chi connectivity index (χ2n) is 4.18. The van der Waals surface area contributed by atoms with Crippen molar-refractivity contribution >= 4 is 17.8 Å². The number of carbonyl (C=O) groups excluding carboxylic acids is 3. The topological polar surface area (TPSA) is 75.7 Å². The molecule has 6 nitrogen and oxygen atoms in total. The molecule has 0 unspecified atom stereocenters. The SMILES string of the molecule is CCOC(=O)C(F)(F)C(=O)N(C)CC(=O)NC(C)C. The van der Waals surface area contributed by atoms with Gasteiger partial charge in [0.1, 0.15) is 0 Å². The van der Waals surface area contributed by atoms with E-state index in [4.69, 9.17) is 0 Å². The summed E-state index contributed by atoms with van der Waals surface area (Å²) in [5, 5.41) is 2.44. The minimum Gasteiger partial charge on any atom is -0.461 e. The molecule has 0 spiro atoms. The molecule has 0 saturated heterocycles. The van der Waals surface area contributed by atoms with Gasteiger partial charge in [-0.3, -0.25) is 9.59 Å². The second-order valence-corrected chi connectivity index (χ2v) is 4.18. The number of hydrogen-bond acceptors (Lipinski definition) is 4. The average Bonchev–Trinajstić information content (AvgIpc) is 2.26. The summed E-state index contributed by atoms with van der Waals surface area (Å²) in [6.07, 6.45) is 0. The fourth-order valence-electron chi connectivity index (χ4n) is 1.20. The molecule has 0 radical (unpaired) electrons. The summed E-state index contributed by atoms with van der Waals surface area (Å²) in [4.78, 5) is 34.2. The van der Waals surface area contributed by atoms with Crippen molar-refractivity contribution in [1.29, 1.82) is 0 Å². The Labute approximate surface area is 110 Å². The van der Waals surface area contributed by atoms with E-state index >= 15 is 0 Å². The molecular formula is C11H18F2N2O4. The van der Waals surface area contributed by atoms with Crippen molar-refractivity contribution in [2.75, 3.05) is 20.2 Å². The maximum Gasteiger partial charge on any atom is 0.419 e. The van der Waals surface area contributed by atoms with E-state index in [1.807, 2.05) is 0 Å². The van der Waals surface area contributed by atoms with Crippen molar-refractivity contribution in [3.63, 3.8) is 0 Å². The Bertz CT molecular complexity index is 359. The van der Waals surface area contributed by atoms with Crippen LogP contribution >= 0.6 is 0 Å². The predicted molar refractivity (Wildman–Crippen MR) is 62.5 cm³/mol. The highest BCUT2D eigenvalue weighted by Crippen LogP contribution is 2.18. The van der Waals surface area contributed by atoms with Crippen molar-refractivity contribution in [2.45, 2.75) is 32.7 Å². The molecule has 8 heteroatoms. The van der Waals surface area contributed by atoms with Gasteiger partial charge in [-0.1, -0.05) is 0 Å². The van der Waals surface area contributed by atoms with E-state index in [2.05, 4.69) is 10.1 Å². The molecule has 0 bridgehead atoms. The maximum absolute atomic E-state index is 13.4. The molecule has 0 aromatic heterocycles. The normalized spacial score (nSPS) is 11.1. The number of ether oxygens (including phenoxy) is 1. The third-order valence-electron chi connectivity index (χ3n) is 1.98. The Kier molecular flexibility index (Phi) is 6.37. The lowest BCUT2D eigenvalue weighted by Crippen LogP contribution is -2.50. The molecule has 110 valence electrons. The van der Waals surface area contributed by atoms with Gasteiger partial charge in [-0.05, 0) is 20.8 Å². The molecule has 2 amide bonds. The van der Waals surface area contributed by atoms with Gasteiger partial charge in [0.25, 0.3) is 0 Å². The molecule has 19 heavy (non-hydrogen) atoms. The summed E-state index contributed by atoms with van der Waals surface area (Å²) in [6, 6.07) is -0.179. The quantitative estimate of drug-likeness (QED) is 0.556. The minimum absolute atomic E-state index is 0.179. The number of nitrogens with one attached hydrogen (secondary N) is 1. The smallest absolute Gasteiger partial charge is 0.419 e. The van der Waals surface area contributed by atoms with Crippen molar-refractivity contribution in [3.05, 3.63) is 0 Å². The van der Waals surface area contributed by atoms with Gasteiger partial charge in [0, 0.05) is 13.1 Å². The van der Waals surface area contributed by atoms with Gasteiger partial charge in [-0.2, -0.15) is 8.78 Å². The Hall–Kier alpha value is -1.73. The lowest BCUT2D eigenvalue weighted by atomic mass is 10.3. The largest absolute Gasteiger partial charge is 0.461 e. The zero-order chi connectivity index (χ0) is 15.2. The highest BCUT2D eigenvalue weighted by molar-refractivity contribution is 6.04. The van der Waals surface area contributed by atoms with Gasteiger partial charge in [0.05, 0.1) is 13.2 Å². The van der Waals surface area contributed by atoms with Gasteiger partial charge in [0.2, 0.25) is 5.91 Å². The van der Waals surface area contributed by atoms with Crippen molar-refractivity contribution in [3.8, 4) is 0 Å². The summed E-state index contributed by atoms with van der Waals surface area (Å²) in [5.41, 5.74) is 0. The van der Waals surface area contributed by atoms with Crippen molar-refractivity contribution in [1.82, 2.24) is 10.2 Å². The Balaban J connectivity index is 4.63. The van der Waals surface area contributed by atoms with Crippen LogP contribution in [0.5, 0.6) is 0 Å². The number of alkyl halides is 2. The van der Waals surface area contributed by atoms with Crippen LogP contribution in [0.4, 0.5) is 8.78 Å². The van der Waals surface area contributed by atoms with Crippen LogP contribution in [-0.2, 0) is 19.1 Å². The fraction of sp³-hybridized carbons (Fsp3) is 0.727. The molecular weight excluding hydrogens is 262 g/mol. The molecule has 0 aliphatic carbocycles. The van der Waals surface area contributed by atoms with Crippen LogP contribution in [0.3, 0.4) is 0 Å². The lowest BCUT2D eigenvalue weighted by molar-refractivity contribution is -0.182. The monoisotopic (exact) mass is 280 g/mol. The van der Waals surface area contributed by atoms with Crippen molar-refractivity contribution in [2.24, 2.45) is 0 Å². The number of likely N-dealkylation sites (N-methyl/N-ethyl adjacent to an activating group) is 1. The van der Waals surface area contributed by atoms with Crippen LogP contribution in [0.1, 0.15) is 20.8 Å². The highest BCUT2D eigenvalue weighted by Gasteiger charge is 2.50. The van der Waals surface area contributed by atoms with E-state index in [1.165, 1.54) is 6.92 Å². The number of halogens is 2. The van der Waals surface area contributed by atoms with Gasteiger partial charge < -0.3 is 15.0 Å². The number of carbonyl (C=O) groups is 3. The Morgan fingerprint density at radius 3 is 2.26 bits per heavy atom. The van der Waals surface area contributed by atoms with Crippen LogP contribution in [0.25, 0.3) is 0 Å². The summed E-state index contributed by atoms with van der Waals surface area (Å²) < 4.78 is 30.8. The first-order chi connectivity index (χ1) is 8.62. The molecule has 0 heterocycles. The summed E-state index contributed by atoms with van der Waals surface area (Å²) in [5.74, 6) is -8.57. The summed E-state index contributed by atoms with van der Waals surface area (Å²) in [6.45, 7) is 3.89. The number of nitrogens with zero attached hydrogens (tertiary/aromatic N) is 1. The molecule has 0 atom stereocenters. The molecule has 0 aliphatic rings. The average molecular weight is 280 g/mol. The number of rotatable bonds is 6. The van der Waals surface area contributed by atoms with E-state index in [0.29, 0.717) is 4.90 Å². The van der Waals surface area contributed by atoms with Gasteiger partial charge in [-0.15, -0.1) is 0 Å². The van der Waals surface area contributed by atoms with E-state index in [9.17, 15) is 23.2 Å². The molecule has 1 N–H and O–H groups in total. The summed E-state index contributed by atoms with van der Waals surface area (Å²) >= 11 is 0. The summed E-state index contributed by atoms with van der Waals surface area (Å²) in [7, 11) is 1.01. The zero-order valence-corrected chi connectivity index (χ0v) is 11.3. The van der Waals surface area contributed by atoms with E-state index in [1.54, 1.807) is 13.8 Å². The first-order valence-corrected chi connectivity index (χ1v) is 5.72. The van der Waals surface area contributed by atoms with E-state index < -0.39 is 30.3 Å². The predicted octanol–water partition coefficient (Wildman–Crippen LogP) is 0.168. The number of hydrogen-bond donors (Lipinski definition) is 1. The highest BCUT2D eigenvalue weighted by atomic mass is 19.3. The van der Waals surface area contributed by atoms with Gasteiger partial charge in [0.15, 0.2) is 0 Å².